The second kappa shape index (κ2) is 5.34. The molecule has 6 heteroatoms. The molecule has 0 atom stereocenters. The van der Waals surface area contributed by atoms with Crippen molar-refractivity contribution >= 4 is 11.4 Å². The second-order valence-electron chi connectivity index (χ2n) is 4.14. The maximum absolute atomic E-state index is 10.9. The summed E-state index contributed by atoms with van der Waals surface area (Å²) in [5, 5.41) is 23.0. The van der Waals surface area contributed by atoms with Crippen molar-refractivity contribution in [3.8, 4) is 5.75 Å². The van der Waals surface area contributed by atoms with Gasteiger partial charge in [-0.15, -0.1) is 0 Å². The maximum atomic E-state index is 10.9. The molecule has 6 nitrogen and oxygen atoms in total. The van der Waals surface area contributed by atoms with Crippen LogP contribution in [0.2, 0.25) is 0 Å². The van der Waals surface area contributed by atoms with E-state index in [9.17, 15) is 10.1 Å². The lowest BCUT2D eigenvalue weighted by atomic mass is 10.2. The molecule has 2 N–H and O–H groups in total. The molecule has 98 valence electrons. The summed E-state index contributed by atoms with van der Waals surface area (Å²) in [5.41, 5.74) is 2.12. The third kappa shape index (κ3) is 3.19. The monoisotopic (exact) mass is 259 g/mol. The number of benzene rings is 1. The predicted molar refractivity (Wildman–Crippen MR) is 71.1 cm³/mol. The van der Waals surface area contributed by atoms with Crippen LogP contribution in [-0.4, -0.2) is 15.0 Å². The van der Waals surface area contributed by atoms with Gasteiger partial charge >= 0.3 is 0 Å². The van der Waals surface area contributed by atoms with Gasteiger partial charge in [-0.05, 0) is 30.7 Å². The summed E-state index contributed by atoms with van der Waals surface area (Å²) in [5.74, 6) is 0.0882. The number of nitrogens with zero attached hydrogens (tertiary/aromatic N) is 2. The maximum Gasteiger partial charge on any atom is 0.292 e. The molecule has 0 spiro atoms. The van der Waals surface area contributed by atoms with Crippen LogP contribution in [0, 0.1) is 17.0 Å². The molecule has 2 rings (SSSR count). The Morgan fingerprint density at radius 3 is 2.79 bits per heavy atom. The molecule has 1 aromatic carbocycles. The molecule has 0 saturated heterocycles. The number of hydrogen-bond acceptors (Lipinski definition) is 5. The minimum Gasteiger partial charge on any atom is -0.506 e. The molecule has 2 aromatic rings. The van der Waals surface area contributed by atoms with Crippen LogP contribution in [-0.2, 0) is 6.54 Å². The zero-order valence-electron chi connectivity index (χ0n) is 10.3. The third-order valence-electron chi connectivity index (χ3n) is 2.62. The molecule has 0 unspecified atom stereocenters. The van der Waals surface area contributed by atoms with E-state index >= 15 is 0 Å². The predicted octanol–water partition coefficient (Wildman–Crippen LogP) is 2.62. The summed E-state index contributed by atoms with van der Waals surface area (Å²) in [6.07, 6.45) is 1.33. The standard InChI is InChI=1S/C13H13N3O3/c1-9-2-5-13(16(18)19)12(6-9)15-7-10-3-4-11(17)8-14-10/h2-6,8,15,17H,7H2,1H3. The normalized spacial score (nSPS) is 10.2. The van der Waals surface area contributed by atoms with Crippen molar-refractivity contribution in [2.24, 2.45) is 0 Å². The van der Waals surface area contributed by atoms with Crippen molar-refractivity contribution in [1.82, 2.24) is 4.98 Å². The van der Waals surface area contributed by atoms with Crippen LogP contribution >= 0.6 is 0 Å². The van der Waals surface area contributed by atoms with Gasteiger partial charge in [0.2, 0.25) is 0 Å². The van der Waals surface area contributed by atoms with E-state index in [0.29, 0.717) is 17.9 Å². The Labute approximate surface area is 109 Å². The minimum atomic E-state index is -0.425. The Hall–Kier alpha value is -2.63. The van der Waals surface area contributed by atoms with E-state index in [2.05, 4.69) is 10.3 Å². The smallest absolute Gasteiger partial charge is 0.292 e. The fraction of sp³-hybridized carbons (Fsp3) is 0.154. The lowest BCUT2D eigenvalue weighted by Gasteiger charge is -2.07. The number of nitro groups is 1. The molecular formula is C13H13N3O3. The van der Waals surface area contributed by atoms with Gasteiger partial charge in [-0.3, -0.25) is 15.1 Å². The zero-order chi connectivity index (χ0) is 13.8. The molecule has 19 heavy (non-hydrogen) atoms. The zero-order valence-corrected chi connectivity index (χ0v) is 10.3. The van der Waals surface area contributed by atoms with Crippen molar-refractivity contribution < 1.29 is 10.0 Å². The van der Waals surface area contributed by atoms with Gasteiger partial charge in [-0.2, -0.15) is 0 Å². The number of anilines is 1. The SMILES string of the molecule is Cc1ccc([N+](=O)[O-])c(NCc2ccc(O)cn2)c1. The summed E-state index contributed by atoms with van der Waals surface area (Å²) >= 11 is 0. The molecule has 0 aliphatic heterocycles. The average Bonchev–Trinajstić information content (AvgIpc) is 2.38. The highest BCUT2D eigenvalue weighted by atomic mass is 16.6. The third-order valence-corrected chi connectivity index (χ3v) is 2.62. The molecular weight excluding hydrogens is 246 g/mol. The molecule has 0 bridgehead atoms. The van der Waals surface area contributed by atoms with Gasteiger partial charge in [0.1, 0.15) is 11.4 Å². The molecule has 0 aliphatic rings. The topological polar surface area (TPSA) is 88.3 Å². The lowest BCUT2D eigenvalue weighted by molar-refractivity contribution is -0.384. The van der Waals surface area contributed by atoms with Crippen LogP contribution in [0.4, 0.5) is 11.4 Å². The van der Waals surface area contributed by atoms with Crippen molar-refractivity contribution in [3.05, 3.63) is 57.9 Å². The summed E-state index contributed by atoms with van der Waals surface area (Å²) in [7, 11) is 0. The number of nitro benzene ring substituents is 1. The summed E-state index contributed by atoms with van der Waals surface area (Å²) in [4.78, 5) is 14.5. The van der Waals surface area contributed by atoms with Crippen LogP contribution in [0.3, 0.4) is 0 Å². The largest absolute Gasteiger partial charge is 0.506 e. The number of aromatic nitrogens is 1. The fourth-order valence-electron chi connectivity index (χ4n) is 1.66. The number of hydrogen-bond donors (Lipinski definition) is 2. The summed E-state index contributed by atoms with van der Waals surface area (Å²) in [6.45, 7) is 2.22. The average molecular weight is 259 g/mol. The van der Waals surface area contributed by atoms with E-state index in [-0.39, 0.29) is 11.4 Å². The van der Waals surface area contributed by atoms with Crippen molar-refractivity contribution in [2.75, 3.05) is 5.32 Å². The van der Waals surface area contributed by atoms with E-state index in [0.717, 1.165) is 5.56 Å². The van der Waals surface area contributed by atoms with E-state index in [1.165, 1.54) is 18.3 Å². The second-order valence-corrected chi connectivity index (χ2v) is 4.14. The van der Waals surface area contributed by atoms with Crippen molar-refractivity contribution in [1.29, 1.82) is 0 Å². The quantitative estimate of drug-likeness (QED) is 0.650. The fourth-order valence-corrected chi connectivity index (χ4v) is 1.66. The van der Waals surface area contributed by atoms with Crippen LogP contribution in [0.5, 0.6) is 5.75 Å². The van der Waals surface area contributed by atoms with Gasteiger partial charge in [-0.1, -0.05) is 6.07 Å². The summed E-state index contributed by atoms with van der Waals surface area (Å²) < 4.78 is 0. The minimum absolute atomic E-state index is 0.0318. The van der Waals surface area contributed by atoms with Crippen LogP contribution in [0.15, 0.2) is 36.5 Å². The van der Waals surface area contributed by atoms with Crippen LogP contribution in [0.25, 0.3) is 0 Å². The van der Waals surface area contributed by atoms with Gasteiger partial charge in [0.25, 0.3) is 5.69 Å². The van der Waals surface area contributed by atoms with Gasteiger partial charge in [-0.25, -0.2) is 0 Å². The Morgan fingerprint density at radius 1 is 1.37 bits per heavy atom. The molecule has 0 aliphatic carbocycles. The van der Waals surface area contributed by atoms with E-state index in [1.54, 1.807) is 18.2 Å². The van der Waals surface area contributed by atoms with Gasteiger partial charge in [0.15, 0.2) is 0 Å². The molecule has 0 radical (unpaired) electrons. The molecule has 0 amide bonds. The first-order valence-electron chi connectivity index (χ1n) is 5.69. The van der Waals surface area contributed by atoms with Gasteiger partial charge in [0, 0.05) is 6.07 Å². The lowest BCUT2D eigenvalue weighted by Crippen LogP contribution is -2.04. The Kier molecular flexibility index (Phi) is 3.61. The molecule has 1 aromatic heterocycles. The first-order valence-corrected chi connectivity index (χ1v) is 5.69. The van der Waals surface area contributed by atoms with E-state index in [4.69, 9.17) is 5.11 Å². The van der Waals surface area contributed by atoms with Gasteiger partial charge in [0.05, 0.1) is 23.4 Å². The Balaban J connectivity index is 2.16. The highest BCUT2D eigenvalue weighted by molar-refractivity contribution is 5.62. The van der Waals surface area contributed by atoms with E-state index in [1.807, 2.05) is 6.92 Å². The number of aryl methyl sites for hydroxylation is 1. The Morgan fingerprint density at radius 2 is 2.16 bits per heavy atom. The van der Waals surface area contributed by atoms with Crippen LogP contribution < -0.4 is 5.32 Å². The molecule has 0 saturated carbocycles. The highest BCUT2D eigenvalue weighted by Gasteiger charge is 2.13. The number of pyridine rings is 1. The number of nitrogens with one attached hydrogen (secondary N) is 1. The van der Waals surface area contributed by atoms with Crippen LogP contribution in [0.1, 0.15) is 11.3 Å². The molecule has 0 fully saturated rings. The molecule has 1 heterocycles. The van der Waals surface area contributed by atoms with E-state index < -0.39 is 4.92 Å². The number of aromatic hydroxyl groups is 1. The van der Waals surface area contributed by atoms with Crippen molar-refractivity contribution in [2.45, 2.75) is 13.5 Å². The Bertz CT molecular complexity index is 597. The van der Waals surface area contributed by atoms with Gasteiger partial charge < -0.3 is 10.4 Å². The highest BCUT2D eigenvalue weighted by Crippen LogP contribution is 2.25. The first-order chi connectivity index (χ1) is 9.06. The summed E-state index contributed by atoms with van der Waals surface area (Å²) in [6, 6.07) is 8.07. The van der Waals surface area contributed by atoms with Crippen molar-refractivity contribution in [3.63, 3.8) is 0 Å². The first kappa shape index (κ1) is 12.8. The number of rotatable bonds is 4.